The van der Waals surface area contributed by atoms with E-state index in [1.807, 2.05) is 0 Å². The van der Waals surface area contributed by atoms with Crippen LogP contribution in [0.2, 0.25) is 0 Å². The van der Waals surface area contributed by atoms with Gasteiger partial charge in [0.15, 0.2) is 6.61 Å². The molecule has 1 aromatic carbocycles. The summed E-state index contributed by atoms with van der Waals surface area (Å²) in [5.41, 5.74) is -0.0785. The van der Waals surface area contributed by atoms with Gasteiger partial charge in [0.1, 0.15) is 0 Å². The maximum absolute atomic E-state index is 12.2. The predicted octanol–water partition coefficient (Wildman–Crippen LogP) is 3.26. The largest absolute Gasteiger partial charge is 0.452 e. The quantitative estimate of drug-likeness (QED) is 0.332. The summed E-state index contributed by atoms with van der Waals surface area (Å²) in [6.45, 7) is -0.357. The van der Waals surface area contributed by atoms with Crippen LogP contribution in [0.1, 0.15) is 42.5 Å². The van der Waals surface area contributed by atoms with E-state index in [1.165, 1.54) is 36.4 Å². The Morgan fingerprint density at radius 3 is 2.60 bits per heavy atom. The lowest BCUT2D eigenvalue weighted by atomic mass is 9.94. The molecule has 0 radical (unpaired) electrons. The Bertz CT molecular complexity index is 658. The molecule has 1 aromatic rings. The molecule has 2 rings (SSSR count). The van der Waals surface area contributed by atoms with Gasteiger partial charge in [-0.1, -0.05) is 19.3 Å². The summed E-state index contributed by atoms with van der Waals surface area (Å²) in [5, 5.41) is 11.1. The van der Waals surface area contributed by atoms with Gasteiger partial charge in [0.05, 0.1) is 15.4 Å². The minimum atomic E-state index is -0.735. The van der Waals surface area contributed by atoms with Crippen LogP contribution in [0.4, 0.5) is 5.69 Å². The molecule has 1 aliphatic carbocycles. The highest BCUT2D eigenvalue weighted by atomic mass is 32.2. The SMILES string of the molecule is CSc1ccc(C(=O)OCC(=O)N(C)C2CCCCC2)cc1[N+](=O)[O-]. The molecule has 8 heteroatoms. The zero-order valence-corrected chi connectivity index (χ0v) is 15.2. The van der Waals surface area contributed by atoms with Crippen LogP contribution in [0, 0.1) is 10.1 Å². The minimum Gasteiger partial charge on any atom is -0.452 e. The standard InChI is InChI=1S/C17H22N2O5S/c1-18(13-6-4-3-5-7-13)16(20)11-24-17(21)12-8-9-15(25-2)14(10-12)19(22)23/h8-10,13H,3-7,11H2,1-2H3. The number of thioether (sulfide) groups is 1. The van der Waals surface area contributed by atoms with Gasteiger partial charge in [-0.25, -0.2) is 4.79 Å². The van der Waals surface area contributed by atoms with Crippen molar-refractivity contribution in [3.63, 3.8) is 0 Å². The molecule has 0 spiro atoms. The van der Waals surface area contributed by atoms with E-state index in [9.17, 15) is 19.7 Å². The second kappa shape index (κ2) is 8.84. The first-order chi connectivity index (χ1) is 11.9. The fraction of sp³-hybridized carbons (Fsp3) is 0.529. The fourth-order valence-corrected chi connectivity index (χ4v) is 3.49. The first-order valence-electron chi connectivity index (χ1n) is 8.19. The molecule has 0 unspecified atom stereocenters. The molecular weight excluding hydrogens is 344 g/mol. The number of likely N-dealkylation sites (N-methyl/N-ethyl adjacent to an activating group) is 1. The first kappa shape index (κ1) is 19.2. The summed E-state index contributed by atoms with van der Waals surface area (Å²) < 4.78 is 5.05. The number of benzene rings is 1. The molecule has 7 nitrogen and oxygen atoms in total. The van der Waals surface area contributed by atoms with Crippen molar-refractivity contribution in [1.82, 2.24) is 4.90 Å². The molecule has 0 bridgehead atoms. The van der Waals surface area contributed by atoms with E-state index < -0.39 is 10.9 Å². The molecule has 0 N–H and O–H groups in total. The summed E-state index contributed by atoms with van der Waals surface area (Å²) in [6.07, 6.45) is 7.07. The molecule has 0 heterocycles. The van der Waals surface area contributed by atoms with Crippen LogP contribution >= 0.6 is 11.8 Å². The molecule has 0 saturated heterocycles. The number of nitro groups is 1. The van der Waals surface area contributed by atoms with Crippen LogP contribution in [-0.4, -0.2) is 47.7 Å². The van der Waals surface area contributed by atoms with Crippen molar-refractivity contribution in [2.75, 3.05) is 19.9 Å². The lowest BCUT2D eigenvalue weighted by Gasteiger charge is -2.31. The third kappa shape index (κ3) is 4.94. The highest BCUT2D eigenvalue weighted by molar-refractivity contribution is 7.98. The number of carbonyl (C=O) groups is 2. The Kier molecular flexibility index (Phi) is 6.81. The molecule has 1 fully saturated rings. The van der Waals surface area contributed by atoms with Gasteiger partial charge in [0.25, 0.3) is 11.6 Å². The van der Waals surface area contributed by atoms with E-state index in [0.717, 1.165) is 25.7 Å². The van der Waals surface area contributed by atoms with Crippen molar-refractivity contribution in [2.24, 2.45) is 0 Å². The molecule has 1 saturated carbocycles. The fourth-order valence-electron chi connectivity index (χ4n) is 2.94. The van der Waals surface area contributed by atoms with Crippen molar-refractivity contribution >= 4 is 29.3 Å². The molecule has 0 aromatic heterocycles. The molecule has 1 aliphatic rings. The first-order valence-corrected chi connectivity index (χ1v) is 9.41. The highest BCUT2D eigenvalue weighted by Gasteiger charge is 2.23. The van der Waals surface area contributed by atoms with Gasteiger partial charge >= 0.3 is 5.97 Å². The van der Waals surface area contributed by atoms with Crippen molar-refractivity contribution in [3.8, 4) is 0 Å². The van der Waals surface area contributed by atoms with E-state index in [4.69, 9.17) is 4.74 Å². The normalized spacial score (nSPS) is 14.8. The molecule has 136 valence electrons. The summed E-state index contributed by atoms with van der Waals surface area (Å²) in [4.78, 5) is 36.9. The average Bonchev–Trinajstić information content (AvgIpc) is 2.65. The third-order valence-electron chi connectivity index (χ3n) is 4.45. The van der Waals surface area contributed by atoms with Gasteiger partial charge in [-0.15, -0.1) is 11.8 Å². The van der Waals surface area contributed by atoms with Gasteiger partial charge in [0, 0.05) is 19.2 Å². The van der Waals surface area contributed by atoms with E-state index in [1.54, 1.807) is 18.2 Å². The number of hydrogen-bond donors (Lipinski definition) is 0. The maximum atomic E-state index is 12.2. The van der Waals surface area contributed by atoms with E-state index >= 15 is 0 Å². The molecule has 25 heavy (non-hydrogen) atoms. The van der Waals surface area contributed by atoms with Crippen molar-refractivity contribution in [2.45, 2.75) is 43.0 Å². The van der Waals surface area contributed by atoms with Gasteiger partial charge in [-0.05, 0) is 31.2 Å². The Balaban J connectivity index is 1.96. The van der Waals surface area contributed by atoms with Crippen LogP contribution in [0.3, 0.4) is 0 Å². The predicted molar refractivity (Wildman–Crippen MR) is 94.8 cm³/mol. The number of rotatable bonds is 6. The highest BCUT2D eigenvalue weighted by Crippen LogP contribution is 2.28. The number of ether oxygens (including phenoxy) is 1. The maximum Gasteiger partial charge on any atom is 0.338 e. The molecule has 0 atom stereocenters. The monoisotopic (exact) mass is 366 g/mol. The summed E-state index contributed by atoms with van der Waals surface area (Å²) in [5.74, 6) is -0.989. The van der Waals surface area contributed by atoms with Crippen LogP contribution in [-0.2, 0) is 9.53 Å². The Morgan fingerprint density at radius 1 is 1.32 bits per heavy atom. The zero-order valence-electron chi connectivity index (χ0n) is 14.4. The number of amides is 1. The zero-order chi connectivity index (χ0) is 18.4. The van der Waals surface area contributed by atoms with Gasteiger partial charge in [-0.2, -0.15) is 0 Å². The third-order valence-corrected chi connectivity index (χ3v) is 5.24. The van der Waals surface area contributed by atoms with Crippen molar-refractivity contribution in [3.05, 3.63) is 33.9 Å². The number of hydrogen-bond acceptors (Lipinski definition) is 6. The van der Waals surface area contributed by atoms with Crippen molar-refractivity contribution < 1.29 is 19.2 Å². The van der Waals surface area contributed by atoms with Gasteiger partial charge in [0.2, 0.25) is 0 Å². The number of nitrogens with zero attached hydrogens (tertiary/aromatic N) is 2. The van der Waals surface area contributed by atoms with Crippen LogP contribution in [0.5, 0.6) is 0 Å². The second-order valence-electron chi connectivity index (χ2n) is 6.02. The summed E-state index contributed by atoms with van der Waals surface area (Å²) in [6, 6.07) is 4.36. The minimum absolute atomic E-state index is 0.0672. The number of carbonyl (C=O) groups excluding carboxylic acids is 2. The Hall–Kier alpha value is -2.09. The number of nitro benzene ring substituents is 1. The lowest BCUT2D eigenvalue weighted by molar-refractivity contribution is -0.387. The lowest BCUT2D eigenvalue weighted by Crippen LogP contribution is -2.40. The Morgan fingerprint density at radius 2 is 2.00 bits per heavy atom. The molecule has 0 aliphatic heterocycles. The Labute approximate surface area is 150 Å². The van der Waals surface area contributed by atoms with E-state index in [0.29, 0.717) is 4.90 Å². The van der Waals surface area contributed by atoms with Crippen LogP contribution in [0.25, 0.3) is 0 Å². The average molecular weight is 366 g/mol. The topological polar surface area (TPSA) is 89.8 Å². The van der Waals surface area contributed by atoms with Crippen LogP contribution < -0.4 is 0 Å². The summed E-state index contributed by atoms with van der Waals surface area (Å²) in [7, 11) is 1.73. The smallest absolute Gasteiger partial charge is 0.338 e. The van der Waals surface area contributed by atoms with Gasteiger partial charge in [-0.3, -0.25) is 14.9 Å². The number of esters is 1. The molecule has 1 amide bonds. The van der Waals surface area contributed by atoms with Gasteiger partial charge < -0.3 is 9.64 Å². The van der Waals surface area contributed by atoms with E-state index in [2.05, 4.69) is 0 Å². The molecular formula is C17H22N2O5S. The van der Waals surface area contributed by atoms with E-state index in [-0.39, 0.29) is 29.8 Å². The van der Waals surface area contributed by atoms with Crippen LogP contribution in [0.15, 0.2) is 23.1 Å². The van der Waals surface area contributed by atoms with Crippen molar-refractivity contribution in [1.29, 1.82) is 0 Å². The summed E-state index contributed by atoms with van der Waals surface area (Å²) >= 11 is 1.23. The second-order valence-corrected chi connectivity index (χ2v) is 6.86.